The summed E-state index contributed by atoms with van der Waals surface area (Å²) in [6.45, 7) is 4.04. The highest BCUT2D eigenvalue weighted by Crippen LogP contribution is 2.25. The number of amides is 1. The average Bonchev–Trinajstić information content (AvgIpc) is 2.71. The Morgan fingerprint density at radius 1 is 1.33 bits per heavy atom. The summed E-state index contributed by atoms with van der Waals surface area (Å²) in [5, 5.41) is 3.03. The van der Waals surface area contributed by atoms with Crippen LogP contribution in [-0.4, -0.2) is 56.7 Å². The van der Waals surface area contributed by atoms with Crippen LogP contribution in [0.15, 0.2) is 18.2 Å². The van der Waals surface area contributed by atoms with Crippen molar-refractivity contribution in [1.29, 1.82) is 0 Å². The quantitative estimate of drug-likeness (QED) is 0.582. The molecule has 0 unspecified atom stereocenters. The van der Waals surface area contributed by atoms with E-state index < -0.39 is 0 Å². The molecule has 152 valence electrons. The van der Waals surface area contributed by atoms with Crippen LogP contribution in [0, 0.1) is 5.92 Å². The molecule has 0 saturated carbocycles. The van der Waals surface area contributed by atoms with Crippen molar-refractivity contribution in [3.8, 4) is 11.5 Å². The molecule has 1 saturated heterocycles. The van der Waals surface area contributed by atoms with Gasteiger partial charge in [-0.3, -0.25) is 4.79 Å². The van der Waals surface area contributed by atoms with E-state index in [4.69, 9.17) is 9.47 Å². The van der Waals surface area contributed by atoms with E-state index in [0.29, 0.717) is 18.9 Å². The molecule has 1 amide bonds. The van der Waals surface area contributed by atoms with Gasteiger partial charge in [0.25, 0.3) is 0 Å². The Bertz CT molecular complexity index is 583. The lowest BCUT2D eigenvalue weighted by atomic mass is 9.93. The third-order valence-corrected chi connectivity index (χ3v) is 5.87. The van der Waals surface area contributed by atoms with E-state index in [1.54, 1.807) is 14.2 Å². The Morgan fingerprint density at radius 3 is 2.93 bits per heavy atom. The summed E-state index contributed by atoms with van der Waals surface area (Å²) in [4.78, 5) is 14.9. The maximum atomic E-state index is 12.3. The summed E-state index contributed by atoms with van der Waals surface area (Å²) in [5.74, 6) is 3.49. The molecule has 1 heterocycles. The van der Waals surface area contributed by atoms with Gasteiger partial charge in [0.1, 0.15) is 11.5 Å². The molecule has 1 N–H and O–H groups in total. The Labute approximate surface area is 168 Å². The topological polar surface area (TPSA) is 50.8 Å². The zero-order valence-electron chi connectivity index (χ0n) is 17.0. The van der Waals surface area contributed by atoms with Crippen LogP contribution in [0.1, 0.15) is 37.7 Å². The van der Waals surface area contributed by atoms with E-state index in [1.165, 1.54) is 38.1 Å². The molecule has 0 bridgehead atoms. The molecule has 1 aromatic rings. The van der Waals surface area contributed by atoms with Gasteiger partial charge in [-0.15, -0.1) is 0 Å². The van der Waals surface area contributed by atoms with Crippen LogP contribution in [0.25, 0.3) is 0 Å². The zero-order chi connectivity index (χ0) is 19.5. The molecule has 2 rings (SSSR count). The van der Waals surface area contributed by atoms with Gasteiger partial charge in [0.15, 0.2) is 0 Å². The van der Waals surface area contributed by atoms with Crippen molar-refractivity contribution in [2.24, 2.45) is 5.92 Å². The second kappa shape index (κ2) is 12.1. The largest absolute Gasteiger partial charge is 0.497 e. The minimum Gasteiger partial charge on any atom is -0.497 e. The molecular formula is C21H34N2O3S. The number of methoxy groups -OCH3 is 2. The number of nitrogens with zero attached hydrogens (tertiary/aromatic N) is 1. The van der Waals surface area contributed by atoms with E-state index >= 15 is 0 Å². The number of carbonyl (C=O) groups is 1. The van der Waals surface area contributed by atoms with Crippen LogP contribution in [0.3, 0.4) is 0 Å². The molecule has 6 heteroatoms. The molecule has 0 radical (unpaired) electrons. The predicted molar refractivity (Wildman–Crippen MR) is 113 cm³/mol. The van der Waals surface area contributed by atoms with Crippen molar-refractivity contribution in [3.05, 3.63) is 23.8 Å². The fourth-order valence-corrected chi connectivity index (χ4v) is 4.06. The maximum absolute atomic E-state index is 12.3. The lowest BCUT2D eigenvalue weighted by Gasteiger charge is -2.32. The van der Waals surface area contributed by atoms with Crippen LogP contribution < -0.4 is 14.8 Å². The fourth-order valence-electron chi connectivity index (χ4n) is 3.64. The first kappa shape index (κ1) is 21.9. The van der Waals surface area contributed by atoms with Gasteiger partial charge in [-0.05, 0) is 68.8 Å². The summed E-state index contributed by atoms with van der Waals surface area (Å²) < 4.78 is 10.6. The van der Waals surface area contributed by atoms with Crippen LogP contribution in [-0.2, 0) is 11.3 Å². The van der Waals surface area contributed by atoms with Crippen molar-refractivity contribution in [2.75, 3.05) is 45.9 Å². The van der Waals surface area contributed by atoms with Crippen molar-refractivity contribution >= 4 is 17.7 Å². The molecule has 0 aromatic heterocycles. The number of hydrogen-bond acceptors (Lipinski definition) is 5. The SMILES string of the molecule is COc1ccc(CNC(=O)CC[C@@H]2CCCN(CCCSC)C2)c(OC)c1. The van der Waals surface area contributed by atoms with Gasteiger partial charge in [-0.2, -0.15) is 11.8 Å². The van der Waals surface area contributed by atoms with Crippen molar-refractivity contribution in [1.82, 2.24) is 10.2 Å². The first-order valence-corrected chi connectivity index (χ1v) is 11.2. The summed E-state index contributed by atoms with van der Waals surface area (Å²) >= 11 is 1.92. The van der Waals surface area contributed by atoms with E-state index in [-0.39, 0.29) is 5.91 Å². The summed E-state index contributed by atoms with van der Waals surface area (Å²) in [6.07, 6.45) is 7.51. The van der Waals surface area contributed by atoms with Crippen LogP contribution in [0.2, 0.25) is 0 Å². The number of thioether (sulfide) groups is 1. The smallest absolute Gasteiger partial charge is 0.220 e. The van der Waals surface area contributed by atoms with Gasteiger partial charge in [0.05, 0.1) is 14.2 Å². The van der Waals surface area contributed by atoms with Crippen molar-refractivity contribution in [3.63, 3.8) is 0 Å². The average molecular weight is 395 g/mol. The highest BCUT2D eigenvalue weighted by atomic mass is 32.2. The normalized spacial score (nSPS) is 17.5. The fraction of sp³-hybridized carbons (Fsp3) is 0.667. The second-order valence-electron chi connectivity index (χ2n) is 7.15. The molecule has 1 aliphatic heterocycles. The number of likely N-dealkylation sites (tertiary alicyclic amines) is 1. The molecular weight excluding hydrogens is 360 g/mol. The standard InChI is InChI=1S/C21H34N2O3S/c1-25-19-9-8-18(20(14-19)26-2)15-22-21(24)10-7-17-6-4-11-23(16-17)12-5-13-27-3/h8-9,14,17H,4-7,10-13,15-16H2,1-3H3,(H,22,24)/t17-/m0/s1. The van der Waals surface area contributed by atoms with Crippen LogP contribution in [0.4, 0.5) is 0 Å². The predicted octanol–water partition coefficient (Wildman–Crippen LogP) is 3.57. The van der Waals surface area contributed by atoms with E-state index in [0.717, 1.165) is 30.0 Å². The summed E-state index contributed by atoms with van der Waals surface area (Å²) in [6, 6.07) is 5.67. The molecule has 1 aromatic carbocycles. The molecule has 0 spiro atoms. The van der Waals surface area contributed by atoms with E-state index in [1.807, 2.05) is 30.0 Å². The molecule has 1 atom stereocenters. The molecule has 1 fully saturated rings. The number of benzene rings is 1. The zero-order valence-corrected chi connectivity index (χ0v) is 17.8. The minimum absolute atomic E-state index is 0.118. The third kappa shape index (κ3) is 7.62. The van der Waals surface area contributed by atoms with Gasteiger partial charge in [-0.25, -0.2) is 0 Å². The number of carbonyl (C=O) groups excluding carboxylic acids is 1. The highest BCUT2D eigenvalue weighted by Gasteiger charge is 2.20. The molecule has 5 nitrogen and oxygen atoms in total. The van der Waals surface area contributed by atoms with Gasteiger partial charge in [0.2, 0.25) is 5.91 Å². The van der Waals surface area contributed by atoms with Crippen molar-refractivity contribution in [2.45, 2.75) is 38.6 Å². The Kier molecular flexibility index (Phi) is 9.84. The van der Waals surface area contributed by atoms with E-state index in [9.17, 15) is 4.79 Å². The Morgan fingerprint density at radius 2 is 2.19 bits per heavy atom. The molecule has 27 heavy (non-hydrogen) atoms. The van der Waals surface area contributed by atoms with Crippen molar-refractivity contribution < 1.29 is 14.3 Å². The molecule has 0 aliphatic carbocycles. The van der Waals surface area contributed by atoms with Crippen LogP contribution in [0.5, 0.6) is 11.5 Å². The minimum atomic E-state index is 0.118. The van der Waals surface area contributed by atoms with Gasteiger partial charge >= 0.3 is 0 Å². The van der Waals surface area contributed by atoms with Gasteiger partial charge in [-0.1, -0.05) is 0 Å². The number of ether oxygens (including phenoxy) is 2. The van der Waals surface area contributed by atoms with E-state index in [2.05, 4.69) is 16.5 Å². The Balaban J connectivity index is 1.71. The lowest BCUT2D eigenvalue weighted by molar-refractivity contribution is -0.121. The second-order valence-corrected chi connectivity index (χ2v) is 8.13. The lowest BCUT2D eigenvalue weighted by Crippen LogP contribution is -2.36. The summed E-state index contributed by atoms with van der Waals surface area (Å²) in [7, 11) is 3.26. The monoisotopic (exact) mass is 394 g/mol. The number of nitrogens with one attached hydrogen (secondary N) is 1. The third-order valence-electron chi connectivity index (χ3n) is 5.18. The van der Waals surface area contributed by atoms with Gasteiger partial charge < -0.3 is 19.7 Å². The maximum Gasteiger partial charge on any atom is 0.220 e. The summed E-state index contributed by atoms with van der Waals surface area (Å²) in [5.41, 5.74) is 0.962. The first-order valence-electron chi connectivity index (χ1n) is 9.85. The van der Waals surface area contributed by atoms with Gasteiger partial charge in [0, 0.05) is 31.1 Å². The first-order chi connectivity index (χ1) is 13.2. The number of piperidine rings is 1. The molecule has 1 aliphatic rings. The van der Waals surface area contributed by atoms with Crippen LogP contribution >= 0.6 is 11.8 Å². The Hall–Kier alpha value is -1.40. The number of hydrogen-bond donors (Lipinski definition) is 1. The number of rotatable bonds is 11. The highest BCUT2D eigenvalue weighted by molar-refractivity contribution is 7.98.